The Labute approximate surface area is 116 Å². The molecule has 0 unspecified atom stereocenters. The lowest BCUT2D eigenvalue weighted by atomic mass is 10.1. The molecular formula is C16H13N3O. The zero-order valence-electron chi connectivity index (χ0n) is 10.8. The number of pyridine rings is 2. The van der Waals surface area contributed by atoms with Gasteiger partial charge >= 0.3 is 0 Å². The molecule has 3 heterocycles. The van der Waals surface area contributed by atoms with Crippen molar-refractivity contribution in [1.82, 2.24) is 9.97 Å². The Morgan fingerprint density at radius 3 is 2.75 bits per heavy atom. The van der Waals surface area contributed by atoms with Crippen molar-refractivity contribution < 1.29 is 5.11 Å². The van der Waals surface area contributed by atoms with Crippen LogP contribution in [0.4, 0.5) is 11.5 Å². The predicted molar refractivity (Wildman–Crippen MR) is 78.4 cm³/mol. The van der Waals surface area contributed by atoms with E-state index in [0.29, 0.717) is 11.4 Å². The van der Waals surface area contributed by atoms with E-state index in [1.165, 1.54) is 0 Å². The topological polar surface area (TPSA) is 49.3 Å². The quantitative estimate of drug-likeness (QED) is 0.733. The fourth-order valence-corrected chi connectivity index (χ4v) is 2.75. The molecule has 0 aliphatic carbocycles. The number of anilines is 2. The van der Waals surface area contributed by atoms with Crippen LogP contribution in [0.5, 0.6) is 5.75 Å². The van der Waals surface area contributed by atoms with Crippen molar-refractivity contribution >= 4 is 22.5 Å². The summed E-state index contributed by atoms with van der Waals surface area (Å²) in [7, 11) is 0. The Hall–Kier alpha value is -2.62. The van der Waals surface area contributed by atoms with Crippen molar-refractivity contribution in [2.45, 2.75) is 6.42 Å². The third-order valence-electron chi connectivity index (χ3n) is 3.72. The molecule has 4 heteroatoms. The van der Waals surface area contributed by atoms with E-state index in [1.807, 2.05) is 30.3 Å². The highest BCUT2D eigenvalue weighted by Crippen LogP contribution is 2.40. The average Bonchev–Trinajstić information content (AvgIpc) is 2.92. The molecule has 0 atom stereocenters. The molecule has 0 fully saturated rings. The van der Waals surface area contributed by atoms with Crippen LogP contribution in [0.25, 0.3) is 11.0 Å². The standard InChI is InChI=1S/C16H13N3O/c20-14-12-7-4-9-17-15(12)18-16-13(14)8-10-19(16)11-5-2-1-3-6-11/h1-7,9H,8,10H2,(H,17,18,20). The largest absolute Gasteiger partial charge is 0.507 e. The molecule has 0 spiro atoms. The predicted octanol–water partition coefficient (Wildman–Crippen LogP) is 3.03. The molecule has 1 N–H and O–H groups in total. The molecule has 0 saturated carbocycles. The number of benzene rings is 1. The van der Waals surface area contributed by atoms with E-state index in [4.69, 9.17) is 0 Å². The Balaban J connectivity index is 1.94. The summed E-state index contributed by atoms with van der Waals surface area (Å²) >= 11 is 0. The molecule has 20 heavy (non-hydrogen) atoms. The molecule has 0 bridgehead atoms. The van der Waals surface area contributed by atoms with Crippen LogP contribution in [0.15, 0.2) is 48.7 Å². The molecule has 4 rings (SSSR count). The molecule has 0 radical (unpaired) electrons. The average molecular weight is 263 g/mol. The first-order valence-electron chi connectivity index (χ1n) is 6.64. The van der Waals surface area contributed by atoms with Crippen molar-refractivity contribution in [1.29, 1.82) is 0 Å². The van der Waals surface area contributed by atoms with E-state index in [1.54, 1.807) is 6.20 Å². The fraction of sp³-hybridized carbons (Fsp3) is 0.125. The van der Waals surface area contributed by atoms with Crippen molar-refractivity contribution in [2.75, 3.05) is 11.4 Å². The highest BCUT2D eigenvalue weighted by molar-refractivity contribution is 5.88. The lowest BCUT2D eigenvalue weighted by Gasteiger charge is -2.18. The summed E-state index contributed by atoms with van der Waals surface area (Å²) in [6, 6.07) is 13.8. The molecule has 3 aromatic rings. The lowest BCUT2D eigenvalue weighted by molar-refractivity contribution is 0.476. The first kappa shape index (κ1) is 11.2. The zero-order chi connectivity index (χ0) is 13.5. The van der Waals surface area contributed by atoms with Gasteiger partial charge < -0.3 is 10.0 Å². The summed E-state index contributed by atoms with van der Waals surface area (Å²) < 4.78 is 0. The van der Waals surface area contributed by atoms with E-state index < -0.39 is 0 Å². The smallest absolute Gasteiger partial charge is 0.165 e. The molecule has 0 amide bonds. The number of hydrogen-bond acceptors (Lipinski definition) is 4. The number of rotatable bonds is 1. The van der Waals surface area contributed by atoms with Crippen LogP contribution >= 0.6 is 0 Å². The van der Waals surface area contributed by atoms with Gasteiger partial charge in [0.25, 0.3) is 0 Å². The summed E-state index contributed by atoms with van der Waals surface area (Å²) in [5, 5.41) is 11.2. The van der Waals surface area contributed by atoms with E-state index in [0.717, 1.165) is 35.4 Å². The van der Waals surface area contributed by atoms with Gasteiger partial charge in [-0.3, -0.25) is 0 Å². The van der Waals surface area contributed by atoms with Crippen LogP contribution in [-0.4, -0.2) is 21.6 Å². The SMILES string of the molecule is Oc1c2c(nc3ncccc13)N(c1ccccc1)CC2. The van der Waals surface area contributed by atoms with Crippen LogP contribution in [0, 0.1) is 0 Å². The van der Waals surface area contributed by atoms with E-state index in [9.17, 15) is 5.11 Å². The van der Waals surface area contributed by atoms with Gasteiger partial charge in [0.1, 0.15) is 11.6 Å². The van der Waals surface area contributed by atoms with Gasteiger partial charge in [0, 0.05) is 24.0 Å². The van der Waals surface area contributed by atoms with Gasteiger partial charge in [-0.15, -0.1) is 0 Å². The van der Waals surface area contributed by atoms with Crippen LogP contribution in [0.1, 0.15) is 5.56 Å². The number of fused-ring (bicyclic) bond motifs is 2. The first-order chi connectivity index (χ1) is 9.84. The van der Waals surface area contributed by atoms with E-state index >= 15 is 0 Å². The van der Waals surface area contributed by atoms with Crippen LogP contribution < -0.4 is 4.90 Å². The van der Waals surface area contributed by atoms with Gasteiger partial charge in [0.05, 0.1) is 5.39 Å². The zero-order valence-corrected chi connectivity index (χ0v) is 10.8. The number of aromatic nitrogens is 2. The summed E-state index contributed by atoms with van der Waals surface area (Å²) in [5.41, 5.74) is 2.59. The first-order valence-corrected chi connectivity index (χ1v) is 6.64. The van der Waals surface area contributed by atoms with Gasteiger partial charge in [-0.1, -0.05) is 18.2 Å². The second-order valence-electron chi connectivity index (χ2n) is 4.87. The molecule has 1 aliphatic rings. The van der Waals surface area contributed by atoms with Gasteiger partial charge in [-0.05, 0) is 30.7 Å². The number of nitrogens with zero attached hydrogens (tertiary/aromatic N) is 3. The molecule has 1 aromatic carbocycles. The molecule has 98 valence electrons. The van der Waals surface area contributed by atoms with Crippen LogP contribution in [0.2, 0.25) is 0 Å². The van der Waals surface area contributed by atoms with Crippen molar-refractivity contribution in [3.8, 4) is 5.75 Å². The Morgan fingerprint density at radius 2 is 1.90 bits per heavy atom. The molecular weight excluding hydrogens is 250 g/mol. The Kier molecular flexibility index (Phi) is 2.36. The summed E-state index contributed by atoms with van der Waals surface area (Å²) in [6.07, 6.45) is 2.50. The highest BCUT2D eigenvalue weighted by atomic mass is 16.3. The maximum Gasteiger partial charge on any atom is 0.165 e. The Bertz CT molecular complexity index is 786. The summed E-state index contributed by atoms with van der Waals surface area (Å²) in [6.45, 7) is 0.830. The number of aromatic hydroxyl groups is 1. The summed E-state index contributed by atoms with van der Waals surface area (Å²) in [4.78, 5) is 11.0. The minimum absolute atomic E-state index is 0.316. The molecule has 4 nitrogen and oxygen atoms in total. The van der Waals surface area contributed by atoms with Gasteiger partial charge in [0.15, 0.2) is 5.65 Å². The maximum absolute atomic E-state index is 10.4. The lowest BCUT2D eigenvalue weighted by Crippen LogP contribution is -2.14. The minimum Gasteiger partial charge on any atom is -0.507 e. The van der Waals surface area contributed by atoms with Crippen molar-refractivity contribution in [3.63, 3.8) is 0 Å². The highest BCUT2D eigenvalue weighted by Gasteiger charge is 2.26. The summed E-state index contributed by atoms with van der Waals surface area (Å²) in [5.74, 6) is 1.14. The van der Waals surface area contributed by atoms with Crippen molar-refractivity contribution in [2.24, 2.45) is 0 Å². The number of hydrogen-bond donors (Lipinski definition) is 1. The third-order valence-corrected chi connectivity index (χ3v) is 3.72. The van der Waals surface area contributed by atoms with Gasteiger partial charge in [-0.25, -0.2) is 9.97 Å². The van der Waals surface area contributed by atoms with E-state index in [2.05, 4.69) is 27.0 Å². The molecule has 0 saturated heterocycles. The van der Waals surface area contributed by atoms with E-state index in [-0.39, 0.29) is 0 Å². The molecule has 2 aromatic heterocycles. The van der Waals surface area contributed by atoms with Crippen LogP contribution in [-0.2, 0) is 6.42 Å². The van der Waals surface area contributed by atoms with Crippen molar-refractivity contribution in [3.05, 3.63) is 54.2 Å². The molecule has 1 aliphatic heterocycles. The fourth-order valence-electron chi connectivity index (χ4n) is 2.75. The number of para-hydroxylation sites is 1. The maximum atomic E-state index is 10.4. The second-order valence-corrected chi connectivity index (χ2v) is 4.87. The minimum atomic E-state index is 0.316. The Morgan fingerprint density at radius 1 is 1.05 bits per heavy atom. The second kappa shape index (κ2) is 4.20. The van der Waals surface area contributed by atoms with Crippen LogP contribution in [0.3, 0.4) is 0 Å². The monoisotopic (exact) mass is 263 g/mol. The third kappa shape index (κ3) is 1.54. The normalized spacial score (nSPS) is 13.7. The van der Waals surface area contributed by atoms with Gasteiger partial charge in [0.2, 0.25) is 0 Å². The van der Waals surface area contributed by atoms with Gasteiger partial charge in [-0.2, -0.15) is 0 Å².